The van der Waals surface area contributed by atoms with Gasteiger partial charge >= 0.3 is 0 Å². The van der Waals surface area contributed by atoms with E-state index >= 15 is 0 Å². The number of nitrogens with one attached hydrogen (secondary N) is 1. The Kier molecular flexibility index (Phi) is 9.44. The molecule has 3 rings (SSSR count). The molecule has 2 aromatic rings. The molecule has 184 valence electrons. The number of benzene rings is 2. The van der Waals surface area contributed by atoms with Crippen molar-refractivity contribution in [3.05, 3.63) is 53.6 Å². The van der Waals surface area contributed by atoms with Gasteiger partial charge in [0.1, 0.15) is 5.75 Å². The highest BCUT2D eigenvalue weighted by atomic mass is 16.5. The van der Waals surface area contributed by atoms with Gasteiger partial charge in [0.25, 0.3) is 0 Å². The second-order valence-electron chi connectivity index (χ2n) is 8.91. The van der Waals surface area contributed by atoms with Gasteiger partial charge in [-0.05, 0) is 29.8 Å². The first-order chi connectivity index (χ1) is 16.4. The van der Waals surface area contributed by atoms with E-state index in [1.165, 1.54) is 5.56 Å². The number of carbonyl (C=O) groups is 1. The number of hydrogen-bond acceptors (Lipinski definition) is 6. The number of amides is 1. The van der Waals surface area contributed by atoms with E-state index < -0.39 is 11.8 Å². The van der Waals surface area contributed by atoms with Gasteiger partial charge in [0.05, 0.1) is 12.4 Å². The minimum Gasteiger partial charge on any atom is -0.493 e. The Labute approximate surface area is 202 Å². The number of likely N-dealkylation sites (N-methyl/N-ethyl adjacent to an activating group) is 1. The first-order valence-electron chi connectivity index (χ1n) is 11.8. The molecule has 5 N–H and O–H groups in total. The number of nitrogens with zero attached hydrogens (tertiary/aromatic N) is 2. The number of methoxy groups -OCH3 is 1. The van der Waals surface area contributed by atoms with Gasteiger partial charge in [-0.2, -0.15) is 0 Å². The molecule has 1 heterocycles. The van der Waals surface area contributed by atoms with Crippen molar-refractivity contribution in [3.63, 3.8) is 0 Å². The number of carbonyl (C=O) groups excluding carboxylic acids is 1. The fourth-order valence-electron chi connectivity index (χ4n) is 4.16. The van der Waals surface area contributed by atoms with Gasteiger partial charge in [0.2, 0.25) is 5.91 Å². The maximum atomic E-state index is 11.5. The van der Waals surface area contributed by atoms with E-state index in [1.54, 1.807) is 7.11 Å². The third kappa shape index (κ3) is 7.28. The third-order valence-corrected chi connectivity index (χ3v) is 6.21. The van der Waals surface area contributed by atoms with Crippen LogP contribution in [0.3, 0.4) is 0 Å². The monoisotopic (exact) mass is 467 g/mol. The van der Waals surface area contributed by atoms with E-state index in [4.69, 9.17) is 26.4 Å². The van der Waals surface area contributed by atoms with Crippen LogP contribution >= 0.6 is 0 Å². The molecule has 34 heavy (non-hydrogen) atoms. The minimum atomic E-state index is -0.571. The van der Waals surface area contributed by atoms with Crippen LogP contribution in [0.2, 0.25) is 0 Å². The number of piperazine rings is 1. The summed E-state index contributed by atoms with van der Waals surface area (Å²) in [6.45, 7) is 6.42. The molecule has 0 saturated carbocycles. The first kappa shape index (κ1) is 25.7. The second kappa shape index (κ2) is 12.5. The average Bonchev–Trinajstić information content (AvgIpc) is 2.82. The Morgan fingerprint density at radius 3 is 2.38 bits per heavy atom. The fraction of sp³-hybridized carbons (Fsp3) is 0.462. The quantitative estimate of drug-likeness (QED) is 0.251. The lowest BCUT2D eigenvalue weighted by Gasteiger charge is -2.32. The van der Waals surface area contributed by atoms with Crippen molar-refractivity contribution in [2.75, 3.05) is 53.6 Å². The Morgan fingerprint density at radius 1 is 1.06 bits per heavy atom. The summed E-state index contributed by atoms with van der Waals surface area (Å²) < 4.78 is 11.2. The van der Waals surface area contributed by atoms with Gasteiger partial charge < -0.3 is 25.8 Å². The molecular weight excluding hydrogens is 430 g/mol. The molecule has 8 heteroatoms. The number of primary amides is 1. The van der Waals surface area contributed by atoms with Crippen LogP contribution in [0.4, 0.5) is 0 Å². The maximum Gasteiger partial charge on any atom is 0.218 e. The number of nitrogens with two attached hydrogens (primary N) is 2. The lowest BCUT2D eigenvalue weighted by molar-refractivity contribution is -0.118. The lowest BCUT2D eigenvalue weighted by atomic mass is 9.91. The predicted octanol–water partition coefficient (Wildman–Crippen LogP) is 2.41. The van der Waals surface area contributed by atoms with Crippen LogP contribution in [0.5, 0.6) is 5.75 Å². The summed E-state index contributed by atoms with van der Waals surface area (Å²) in [5, 5.41) is 7.91. The van der Waals surface area contributed by atoms with E-state index in [-0.39, 0.29) is 12.3 Å². The summed E-state index contributed by atoms with van der Waals surface area (Å²) in [4.78, 5) is 16.4. The Bertz CT molecular complexity index is 955. The highest BCUT2D eigenvalue weighted by Crippen LogP contribution is 2.34. The molecule has 0 aliphatic carbocycles. The van der Waals surface area contributed by atoms with Gasteiger partial charge in [-0.1, -0.05) is 36.4 Å². The van der Waals surface area contributed by atoms with E-state index in [2.05, 4.69) is 41.1 Å². The summed E-state index contributed by atoms with van der Waals surface area (Å²) in [5.41, 5.74) is 15.2. The Hall–Kier alpha value is -2.94. The van der Waals surface area contributed by atoms with Gasteiger partial charge in [-0.3, -0.25) is 15.1 Å². The van der Waals surface area contributed by atoms with Gasteiger partial charge in [-0.15, -0.1) is 0 Å². The Morgan fingerprint density at radius 2 is 1.76 bits per heavy atom. The van der Waals surface area contributed by atoms with Gasteiger partial charge in [0, 0.05) is 70.8 Å². The molecule has 2 aromatic carbocycles. The van der Waals surface area contributed by atoms with Crippen molar-refractivity contribution in [2.24, 2.45) is 11.5 Å². The largest absolute Gasteiger partial charge is 0.493 e. The number of amidine groups is 1. The summed E-state index contributed by atoms with van der Waals surface area (Å²) in [5.74, 6) is -0.470. The third-order valence-electron chi connectivity index (χ3n) is 6.21. The fourth-order valence-corrected chi connectivity index (χ4v) is 4.16. The van der Waals surface area contributed by atoms with Crippen molar-refractivity contribution in [3.8, 4) is 16.9 Å². The molecule has 1 aliphatic rings. The highest BCUT2D eigenvalue weighted by Gasteiger charge is 2.20. The zero-order valence-electron chi connectivity index (χ0n) is 20.3. The van der Waals surface area contributed by atoms with Crippen LogP contribution in [0, 0.1) is 5.41 Å². The van der Waals surface area contributed by atoms with Crippen LogP contribution in [0.15, 0.2) is 42.5 Å². The zero-order chi connectivity index (χ0) is 24.5. The topological polar surface area (TPSA) is 118 Å². The van der Waals surface area contributed by atoms with E-state index in [0.717, 1.165) is 55.8 Å². The molecule has 0 bridgehead atoms. The highest BCUT2D eigenvalue weighted by molar-refractivity contribution is 5.90. The molecule has 1 amide bonds. The lowest BCUT2D eigenvalue weighted by Crippen LogP contribution is -2.43. The second-order valence-corrected chi connectivity index (χ2v) is 8.91. The summed E-state index contributed by atoms with van der Waals surface area (Å²) in [7, 11) is 3.83. The van der Waals surface area contributed by atoms with E-state index in [1.807, 2.05) is 18.2 Å². The van der Waals surface area contributed by atoms with Gasteiger partial charge in [-0.25, -0.2) is 0 Å². The van der Waals surface area contributed by atoms with Crippen LogP contribution in [-0.2, 0) is 16.1 Å². The molecule has 1 fully saturated rings. The van der Waals surface area contributed by atoms with Crippen LogP contribution in [0.25, 0.3) is 11.1 Å². The number of hydrogen-bond donors (Lipinski definition) is 3. The molecular formula is C26H37N5O3. The van der Waals surface area contributed by atoms with E-state index in [9.17, 15) is 4.79 Å². The summed E-state index contributed by atoms with van der Waals surface area (Å²) in [6.07, 6.45) is 0.736. The first-order valence-corrected chi connectivity index (χ1v) is 11.8. The minimum absolute atomic E-state index is 0.0151. The van der Waals surface area contributed by atoms with E-state index in [0.29, 0.717) is 19.0 Å². The van der Waals surface area contributed by atoms with Crippen LogP contribution in [0.1, 0.15) is 29.9 Å². The van der Waals surface area contributed by atoms with Crippen LogP contribution in [-0.4, -0.2) is 75.1 Å². The van der Waals surface area contributed by atoms with Crippen molar-refractivity contribution >= 4 is 11.7 Å². The molecule has 8 nitrogen and oxygen atoms in total. The Balaban J connectivity index is 1.81. The van der Waals surface area contributed by atoms with Crippen molar-refractivity contribution in [1.82, 2.24) is 9.80 Å². The maximum absolute atomic E-state index is 11.5. The zero-order valence-corrected chi connectivity index (χ0v) is 20.3. The molecule has 1 aliphatic heterocycles. The summed E-state index contributed by atoms with van der Waals surface area (Å²) >= 11 is 0. The SMILES string of the molecule is COCCCOc1cc(C(CC(N)=O)C(=N)N)ccc1-c1ccc(CN2CCN(C)CC2)cc1. The molecule has 0 spiro atoms. The van der Waals surface area contributed by atoms with Gasteiger partial charge in [0.15, 0.2) is 0 Å². The van der Waals surface area contributed by atoms with Crippen molar-refractivity contribution in [1.29, 1.82) is 5.41 Å². The molecule has 1 saturated heterocycles. The molecule has 0 aromatic heterocycles. The molecule has 1 atom stereocenters. The van der Waals surface area contributed by atoms with Crippen molar-refractivity contribution in [2.45, 2.75) is 25.3 Å². The smallest absolute Gasteiger partial charge is 0.218 e. The summed E-state index contributed by atoms with van der Waals surface area (Å²) in [6, 6.07) is 14.3. The number of ether oxygens (including phenoxy) is 2. The molecule has 0 radical (unpaired) electrons. The predicted molar refractivity (Wildman–Crippen MR) is 135 cm³/mol. The normalized spacial score (nSPS) is 15.7. The number of rotatable bonds is 12. The molecule has 1 unspecified atom stereocenters. The average molecular weight is 468 g/mol. The van der Waals surface area contributed by atoms with Crippen molar-refractivity contribution < 1.29 is 14.3 Å². The standard InChI is InChI=1S/C26H37N5O3/c1-30-10-12-31(13-11-30)18-19-4-6-20(7-5-19)22-9-8-21(23(26(28)29)17-25(27)32)16-24(22)34-15-3-14-33-2/h4-9,16,23H,3,10-15,17-18H2,1-2H3,(H2,27,32)(H3,28,29). The van der Waals surface area contributed by atoms with Crippen LogP contribution < -0.4 is 16.2 Å².